The molecule has 9 heteroatoms. The molecule has 2 aromatic heterocycles. The van der Waals surface area contributed by atoms with E-state index in [1.54, 1.807) is 12.3 Å². The summed E-state index contributed by atoms with van der Waals surface area (Å²) in [5, 5.41) is 17.9. The van der Waals surface area contributed by atoms with E-state index in [1.807, 2.05) is 31.2 Å². The highest BCUT2D eigenvalue weighted by Gasteiger charge is 2.20. The van der Waals surface area contributed by atoms with E-state index < -0.39 is 5.97 Å². The molecule has 9 nitrogen and oxygen atoms in total. The standard InChI is InChI=1S/C19H20N6O3/c1-13-3-2-4-14(9-13)11-20-22-19-21-17(24-5-7-28-8-6-24)16-10-15(18(26)27)12-25(16)23-19/h2-4,9-12H,5-8H2,1H3,(H,22,23)(H,26,27)/b20-11+. The molecule has 4 rings (SSSR count). The van der Waals surface area contributed by atoms with Crippen molar-refractivity contribution in [1.29, 1.82) is 0 Å². The fraction of sp³-hybridized carbons (Fsp3) is 0.263. The Morgan fingerprint density at radius 1 is 1.32 bits per heavy atom. The fourth-order valence-corrected chi connectivity index (χ4v) is 3.07. The summed E-state index contributed by atoms with van der Waals surface area (Å²) in [7, 11) is 0. The molecule has 0 aliphatic carbocycles. The molecule has 144 valence electrons. The quantitative estimate of drug-likeness (QED) is 0.515. The molecule has 0 amide bonds. The number of hydrogen-bond acceptors (Lipinski definition) is 7. The van der Waals surface area contributed by atoms with Crippen LogP contribution in [0.15, 0.2) is 41.6 Å². The summed E-state index contributed by atoms with van der Waals surface area (Å²) in [6, 6.07) is 9.52. The van der Waals surface area contributed by atoms with Gasteiger partial charge in [0, 0.05) is 19.3 Å². The molecule has 0 unspecified atom stereocenters. The van der Waals surface area contributed by atoms with Crippen LogP contribution in [0.1, 0.15) is 21.5 Å². The van der Waals surface area contributed by atoms with Crippen molar-refractivity contribution >= 4 is 29.5 Å². The monoisotopic (exact) mass is 380 g/mol. The maximum atomic E-state index is 11.4. The van der Waals surface area contributed by atoms with Crippen LogP contribution in [0.5, 0.6) is 0 Å². The van der Waals surface area contributed by atoms with Gasteiger partial charge in [0.2, 0.25) is 0 Å². The van der Waals surface area contributed by atoms with E-state index in [1.165, 1.54) is 10.7 Å². The van der Waals surface area contributed by atoms with Crippen molar-refractivity contribution in [3.05, 3.63) is 53.2 Å². The van der Waals surface area contributed by atoms with E-state index in [4.69, 9.17) is 4.74 Å². The molecule has 1 aromatic carbocycles. The number of carboxylic acid groups (broad SMARTS) is 1. The minimum atomic E-state index is -1.01. The minimum absolute atomic E-state index is 0.157. The second-order valence-electron chi connectivity index (χ2n) is 6.51. The normalized spacial score (nSPS) is 14.7. The Bertz CT molecular complexity index is 1040. The molecule has 2 N–H and O–H groups in total. The third kappa shape index (κ3) is 3.79. The smallest absolute Gasteiger partial charge is 0.337 e. The van der Waals surface area contributed by atoms with E-state index in [0.29, 0.717) is 37.6 Å². The lowest BCUT2D eigenvalue weighted by molar-refractivity contribution is 0.0697. The van der Waals surface area contributed by atoms with Crippen LogP contribution in [-0.2, 0) is 4.74 Å². The summed E-state index contributed by atoms with van der Waals surface area (Å²) in [6.45, 7) is 4.55. The third-order valence-electron chi connectivity index (χ3n) is 4.42. The van der Waals surface area contributed by atoms with Crippen molar-refractivity contribution in [1.82, 2.24) is 14.6 Å². The first kappa shape index (κ1) is 17.9. The second kappa shape index (κ2) is 7.65. The lowest BCUT2D eigenvalue weighted by Gasteiger charge is -2.28. The molecule has 28 heavy (non-hydrogen) atoms. The van der Waals surface area contributed by atoms with Gasteiger partial charge in [-0.15, -0.1) is 5.10 Å². The fourth-order valence-electron chi connectivity index (χ4n) is 3.07. The third-order valence-corrected chi connectivity index (χ3v) is 4.42. The van der Waals surface area contributed by atoms with Gasteiger partial charge in [-0.25, -0.2) is 14.7 Å². The number of morpholine rings is 1. The van der Waals surface area contributed by atoms with Crippen molar-refractivity contribution < 1.29 is 14.6 Å². The average molecular weight is 380 g/mol. The number of nitrogens with zero attached hydrogens (tertiary/aromatic N) is 5. The number of aromatic carboxylic acids is 1. The number of carboxylic acids is 1. The molecule has 1 fully saturated rings. The van der Waals surface area contributed by atoms with Crippen molar-refractivity contribution in [3.63, 3.8) is 0 Å². The molecule has 1 aliphatic heterocycles. The molecule has 0 spiro atoms. The summed E-state index contributed by atoms with van der Waals surface area (Å²) in [5.74, 6) is -0.0742. The highest BCUT2D eigenvalue weighted by Crippen LogP contribution is 2.23. The summed E-state index contributed by atoms with van der Waals surface area (Å²) >= 11 is 0. The number of carbonyl (C=O) groups is 1. The zero-order chi connectivity index (χ0) is 19.5. The lowest BCUT2D eigenvalue weighted by atomic mass is 10.2. The van der Waals surface area contributed by atoms with Crippen LogP contribution in [0.4, 0.5) is 11.8 Å². The highest BCUT2D eigenvalue weighted by atomic mass is 16.5. The van der Waals surface area contributed by atoms with Crippen LogP contribution in [0, 0.1) is 6.92 Å². The van der Waals surface area contributed by atoms with Gasteiger partial charge in [0.25, 0.3) is 5.95 Å². The topological polar surface area (TPSA) is 104 Å². The van der Waals surface area contributed by atoms with Gasteiger partial charge in [-0.3, -0.25) is 0 Å². The van der Waals surface area contributed by atoms with Crippen LogP contribution in [0.2, 0.25) is 0 Å². The van der Waals surface area contributed by atoms with Crippen LogP contribution in [0.25, 0.3) is 5.52 Å². The number of anilines is 2. The van der Waals surface area contributed by atoms with Gasteiger partial charge in [-0.2, -0.15) is 10.1 Å². The van der Waals surface area contributed by atoms with E-state index in [9.17, 15) is 9.90 Å². The van der Waals surface area contributed by atoms with Crippen molar-refractivity contribution in [3.8, 4) is 0 Å². The number of fused-ring (bicyclic) bond motifs is 1. The molecule has 1 saturated heterocycles. The summed E-state index contributed by atoms with van der Waals surface area (Å²) in [4.78, 5) is 18.0. The van der Waals surface area contributed by atoms with E-state index in [2.05, 4.69) is 25.5 Å². The van der Waals surface area contributed by atoms with Crippen molar-refractivity contribution in [2.45, 2.75) is 6.92 Å². The van der Waals surface area contributed by atoms with E-state index in [-0.39, 0.29) is 11.5 Å². The predicted molar refractivity (Wildman–Crippen MR) is 105 cm³/mol. The largest absolute Gasteiger partial charge is 0.478 e. The summed E-state index contributed by atoms with van der Waals surface area (Å²) < 4.78 is 6.92. The second-order valence-corrected chi connectivity index (χ2v) is 6.51. The molecule has 1 aliphatic rings. The molecule has 3 aromatic rings. The van der Waals surface area contributed by atoms with Gasteiger partial charge in [0.05, 0.1) is 25.0 Å². The summed E-state index contributed by atoms with van der Waals surface area (Å²) in [6.07, 6.45) is 3.16. The Hall–Kier alpha value is -3.46. The first-order valence-electron chi connectivity index (χ1n) is 8.92. The number of hydrogen-bond donors (Lipinski definition) is 2. The van der Waals surface area contributed by atoms with Gasteiger partial charge in [0.15, 0.2) is 5.82 Å². The first-order chi connectivity index (χ1) is 13.6. The number of rotatable bonds is 5. The van der Waals surface area contributed by atoms with Gasteiger partial charge in [-0.1, -0.05) is 29.8 Å². The highest BCUT2D eigenvalue weighted by molar-refractivity contribution is 5.91. The van der Waals surface area contributed by atoms with Crippen LogP contribution in [-0.4, -0.2) is 58.2 Å². The Morgan fingerprint density at radius 2 is 2.14 bits per heavy atom. The zero-order valence-corrected chi connectivity index (χ0v) is 15.4. The Labute approximate surface area is 161 Å². The van der Waals surface area contributed by atoms with Gasteiger partial charge in [-0.05, 0) is 18.6 Å². The van der Waals surface area contributed by atoms with Crippen LogP contribution < -0.4 is 10.3 Å². The van der Waals surface area contributed by atoms with E-state index in [0.717, 1.165) is 11.1 Å². The molecule has 0 atom stereocenters. The van der Waals surface area contributed by atoms with E-state index >= 15 is 0 Å². The molecular weight excluding hydrogens is 360 g/mol. The van der Waals surface area contributed by atoms with Crippen molar-refractivity contribution in [2.75, 3.05) is 36.6 Å². The molecular formula is C19H20N6O3. The lowest BCUT2D eigenvalue weighted by Crippen LogP contribution is -2.37. The minimum Gasteiger partial charge on any atom is -0.478 e. The van der Waals surface area contributed by atoms with Gasteiger partial charge >= 0.3 is 5.97 Å². The first-order valence-corrected chi connectivity index (χ1v) is 8.92. The zero-order valence-electron chi connectivity index (χ0n) is 15.4. The van der Waals surface area contributed by atoms with Gasteiger partial charge in [0.1, 0.15) is 5.52 Å². The Kier molecular flexibility index (Phi) is 4.90. The predicted octanol–water partition coefficient (Wildman–Crippen LogP) is 2.02. The molecule has 0 saturated carbocycles. The van der Waals surface area contributed by atoms with Crippen LogP contribution >= 0.6 is 0 Å². The molecule has 3 heterocycles. The van der Waals surface area contributed by atoms with Crippen molar-refractivity contribution in [2.24, 2.45) is 5.10 Å². The number of benzene rings is 1. The SMILES string of the molecule is Cc1cccc(/C=N/Nc2nc(N3CCOCC3)c3cc(C(=O)O)cn3n2)c1. The maximum absolute atomic E-state index is 11.4. The average Bonchev–Trinajstić information content (AvgIpc) is 3.13. The maximum Gasteiger partial charge on any atom is 0.337 e. The summed E-state index contributed by atoms with van der Waals surface area (Å²) in [5.41, 5.74) is 5.73. The van der Waals surface area contributed by atoms with Gasteiger partial charge < -0.3 is 14.7 Å². The number of hydrazone groups is 1. The number of aromatic nitrogens is 3. The Morgan fingerprint density at radius 3 is 2.89 bits per heavy atom. The molecule has 0 bridgehead atoms. The number of aryl methyl sites for hydroxylation is 1. The van der Waals surface area contributed by atoms with Crippen LogP contribution in [0.3, 0.4) is 0 Å². The molecule has 0 radical (unpaired) electrons. The number of nitrogens with one attached hydrogen (secondary N) is 1. The number of ether oxygens (including phenoxy) is 1. The Balaban J connectivity index is 1.66.